The lowest BCUT2D eigenvalue weighted by Crippen LogP contribution is -2.24. The van der Waals surface area contributed by atoms with Crippen LogP contribution in [0.15, 0.2) is 51.7 Å². The summed E-state index contributed by atoms with van der Waals surface area (Å²) < 4.78 is 15.8. The van der Waals surface area contributed by atoms with E-state index in [1.165, 1.54) is 6.26 Å². The maximum Gasteiger partial charge on any atom is 0.275 e. The molecule has 21 heavy (non-hydrogen) atoms. The highest BCUT2D eigenvalue weighted by Crippen LogP contribution is 2.33. The smallest absolute Gasteiger partial charge is 0.275 e. The van der Waals surface area contributed by atoms with E-state index in [-0.39, 0.29) is 12.7 Å². The summed E-state index contributed by atoms with van der Waals surface area (Å²) in [6.45, 7) is 0.219. The summed E-state index contributed by atoms with van der Waals surface area (Å²) in [6.07, 6.45) is 3.22. The zero-order valence-electron chi connectivity index (χ0n) is 10.8. The van der Waals surface area contributed by atoms with E-state index in [4.69, 9.17) is 13.9 Å². The summed E-state index contributed by atoms with van der Waals surface area (Å²) in [5.41, 5.74) is 1.13. The first kappa shape index (κ1) is 11.8. The molecule has 1 aromatic heterocycles. The number of nitrogens with one attached hydrogen (secondary N) is 1. The number of amidine groups is 1. The summed E-state index contributed by atoms with van der Waals surface area (Å²) in [4.78, 5) is 16.2. The Morgan fingerprint density at radius 3 is 2.95 bits per heavy atom. The van der Waals surface area contributed by atoms with E-state index < -0.39 is 0 Å². The number of furan rings is 1. The number of nitrogens with zero attached hydrogens (tertiary/aromatic N) is 1. The van der Waals surface area contributed by atoms with Crippen LogP contribution in [0.25, 0.3) is 6.08 Å². The van der Waals surface area contributed by atoms with Gasteiger partial charge in [-0.15, -0.1) is 0 Å². The summed E-state index contributed by atoms with van der Waals surface area (Å²) in [7, 11) is 0. The second kappa shape index (κ2) is 4.52. The quantitative estimate of drug-likeness (QED) is 0.854. The molecule has 0 atom stereocenters. The van der Waals surface area contributed by atoms with Gasteiger partial charge in [0.1, 0.15) is 5.70 Å². The van der Waals surface area contributed by atoms with Gasteiger partial charge in [-0.05, 0) is 35.9 Å². The van der Waals surface area contributed by atoms with Gasteiger partial charge in [-0.25, -0.2) is 4.99 Å². The van der Waals surface area contributed by atoms with Crippen molar-refractivity contribution in [2.45, 2.75) is 0 Å². The highest BCUT2D eigenvalue weighted by atomic mass is 16.7. The first-order chi connectivity index (χ1) is 10.3. The van der Waals surface area contributed by atoms with Crippen LogP contribution < -0.4 is 14.8 Å². The van der Waals surface area contributed by atoms with E-state index in [2.05, 4.69) is 10.3 Å². The molecule has 1 amide bonds. The van der Waals surface area contributed by atoms with E-state index in [0.29, 0.717) is 28.8 Å². The van der Waals surface area contributed by atoms with Crippen LogP contribution in [0, 0.1) is 0 Å². The van der Waals surface area contributed by atoms with Crippen molar-refractivity contribution in [1.82, 2.24) is 5.32 Å². The van der Waals surface area contributed by atoms with Crippen molar-refractivity contribution in [3.63, 3.8) is 0 Å². The Bertz CT molecular complexity index is 775. The Labute approximate surface area is 119 Å². The lowest BCUT2D eigenvalue weighted by atomic mass is 10.1. The van der Waals surface area contributed by atoms with Crippen molar-refractivity contribution < 1.29 is 18.7 Å². The number of carbonyl (C=O) groups excluding carboxylic acids is 1. The van der Waals surface area contributed by atoms with Gasteiger partial charge in [0.15, 0.2) is 23.1 Å². The molecule has 0 aliphatic carbocycles. The molecule has 2 aliphatic heterocycles. The average Bonchev–Trinajstić information content (AvgIpc) is 3.20. The highest BCUT2D eigenvalue weighted by molar-refractivity contribution is 6.18. The monoisotopic (exact) mass is 282 g/mol. The summed E-state index contributed by atoms with van der Waals surface area (Å²) in [6, 6.07) is 8.93. The highest BCUT2D eigenvalue weighted by Gasteiger charge is 2.23. The van der Waals surface area contributed by atoms with Crippen molar-refractivity contribution in [3.05, 3.63) is 53.6 Å². The zero-order chi connectivity index (χ0) is 14.2. The minimum atomic E-state index is -0.265. The standard InChI is InChI=1S/C15H10N2O4/c18-15-10(16-14(17-15)12-2-1-5-19-12)6-9-3-4-11-13(7-9)21-8-20-11/h1-7H,8H2,(H,16,17,18)/b10-6+. The fourth-order valence-corrected chi connectivity index (χ4v) is 2.16. The molecule has 1 N–H and O–H groups in total. The first-order valence-corrected chi connectivity index (χ1v) is 6.35. The van der Waals surface area contributed by atoms with Crippen LogP contribution in [0.1, 0.15) is 11.3 Å². The molecule has 104 valence electrons. The van der Waals surface area contributed by atoms with Crippen molar-refractivity contribution in [3.8, 4) is 11.5 Å². The van der Waals surface area contributed by atoms with Crippen LogP contribution in [0.5, 0.6) is 11.5 Å². The van der Waals surface area contributed by atoms with Crippen LogP contribution in [-0.2, 0) is 4.79 Å². The molecule has 0 spiro atoms. The number of hydrogen-bond donors (Lipinski definition) is 1. The molecule has 0 radical (unpaired) electrons. The molecule has 2 aromatic rings. The average molecular weight is 282 g/mol. The molecule has 0 saturated heterocycles. The number of rotatable bonds is 2. The molecule has 0 bridgehead atoms. The van der Waals surface area contributed by atoms with Gasteiger partial charge in [-0.2, -0.15) is 0 Å². The third-order valence-corrected chi connectivity index (χ3v) is 3.15. The second-order valence-electron chi connectivity index (χ2n) is 4.53. The predicted octanol–water partition coefficient (Wildman–Crippen LogP) is 1.93. The zero-order valence-corrected chi connectivity index (χ0v) is 10.8. The summed E-state index contributed by atoms with van der Waals surface area (Å²) in [5.74, 6) is 2.04. The summed E-state index contributed by atoms with van der Waals surface area (Å²) >= 11 is 0. The predicted molar refractivity (Wildman–Crippen MR) is 73.9 cm³/mol. The van der Waals surface area contributed by atoms with Crippen LogP contribution in [-0.4, -0.2) is 18.5 Å². The molecule has 0 unspecified atom stereocenters. The largest absolute Gasteiger partial charge is 0.461 e. The number of carbonyl (C=O) groups is 1. The van der Waals surface area contributed by atoms with Crippen molar-refractivity contribution in [2.24, 2.45) is 4.99 Å². The molecular weight excluding hydrogens is 272 g/mol. The lowest BCUT2D eigenvalue weighted by Gasteiger charge is -1.98. The van der Waals surface area contributed by atoms with E-state index in [9.17, 15) is 4.79 Å². The normalized spacial score (nSPS) is 18.0. The third-order valence-electron chi connectivity index (χ3n) is 3.15. The third kappa shape index (κ3) is 2.06. The van der Waals surface area contributed by atoms with Gasteiger partial charge >= 0.3 is 0 Å². The van der Waals surface area contributed by atoms with E-state index in [0.717, 1.165) is 5.56 Å². The van der Waals surface area contributed by atoms with Gasteiger partial charge in [0, 0.05) is 0 Å². The molecule has 4 rings (SSSR count). The molecule has 6 nitrogen and oxygen atoms in total. The van der Waals surface area contributed by atoms with Crippen LogP contribution in [0.2, 0.25) is 0 Å². The van der Waals surface area contributed by atoms with Gasteiger partial charge in [0.05, 0.1) is 6.26 Å². The Morgan fingerprint density at radius 1 is 1.19 bits per heavy atom. The Kier molecular flexibility index (Phi) is 2.53. The van der Waals surface area contributed by atoms with Gasteiger partial charge in [-0.1, -0.05) is 6.07 Å². The van der Waals surface area contributed by atoms with Crippen molar-refractivity contribution >= 4 is 17.8 Å². The van der Waals surface area contributed by atoms with Crippen LogP contribution in [0.3, 0.4) is 0 Å². The van der Waals surface area contributed by atoms with Gasteiger partial charge < -0.3 is 19.2 Å². The second-order valence-corrected chi connectivity index (χ2v) is 4.53. The Hall–Kier alpha value is -3.02. The maximum atomic E-state index is 11.9. The molecule has 0 saturated carbocycles. The van der Waals surface area contributed by atoms with Crippen molar-refractivity contribution in [1.29, 1.82) is 0 Å². The number of hydrogen-bond acceptors (Lipinski definition) is 5. The van der Waals surface area contributed by atoms with Gasteiger partial charge in [0.25, 0.3) is 5.91 Å². The van der Waals surface area contributed by atoms with Crippen LogP contribution in [0.4, 0.5) is 0 Å². The fraction of sp³-hybridized carbons (Fsp3) is 0.0667. The molecule has 3 heterocycles. The van der Waals surface area contributed by atoms with E-state index in [1.807, 2.05) is 12.1 Å². The minimum Gasteiger partial charge on any atom is -0.461 e. The molecule has 0 fully saturated rings. The Balaban J connectivity index is 1.68. The van der Waals surface area contributed by atoms with Gasteiger partial charge in [0.2, 0.25) is 6.79 Å². The number of amides is 1. The Morgan fingerprint density at radius 2 is 2.10 bits per heavy atom. The number of fused-ring (bicyclic) bond motifs is 1. The maximum absolute atomic E-state index is 11.9. The molecule has 1 aromatic carbocycles. The fourth-order valence-electron chi connectivity index (χ4n) is 2.16. The number of ether oxygens (including phenoxy) is 2. The van der Waals surface area contributed by atoms with E-state index >= 15 is 0 Å². The lowest BCUT2D eigenvalue weighted by molar-refractivity contribution is -0.115. The minimum absolute atomic E-state index is 0.219. The summed E-state index contributed by atoms with van der Waals surface area (Å²) in [5, 5.41) is 2.67. The number of aliphatic imine (C=N–C) groups is 1. The topological polar surface area (TPSA) is 73.1 Å². The molecule has 6 heteroatoms. The van der Waals surface area contributed by atoms with E-state index in [1.54, 1.807) is 24.3 Å². The SMILES string of the molecule is O=C1NC(c2ccco2)=N/C1=C/c1ccc2c(c1)OCO2. The number of benzene rings is 1. The first-order valence-electron chi connectivity index (χ1n) is 6.35. The molecular formula is C15H10N2O4. The van der Waals surface area contributed by atoms with Crippen molar-refractivity contribution in [2.75, 3.05) is 6.79 Å². The van der Waals surface area contributed by atoms with Gasteiger partial charge in [-0.3, -0.25) is 4.79 Å². The van der Waals surface area contributed by atoms with Crippen LogP contribution >= 0.6 is 0 Å². The molecule has 2 aliphatic rings.